The normalized spacial score (nSPS) is 15.1. The molecule has 22 heavy (non-hydrogen) atoms. The van der Waals surface area contributed by atoms with Crippen molar-refractivity contribution in [1.82, 2.24) is 5.01 Å². The molecule has 0 spiro atoms. The van der Waals surface area contributed by atoms with E-state index in [9.17, 15) is 14.9 Å². The minimum Gasteiger partial charge on any atom is -0.442 e. The van der Waals surface area contributed by atoms with Crippen LogP contribution in [0.25, 0.3) is 0 Å². The molecule has 1 aliphatic heterocycles. The van der Waals surface area contributed by atoms with Crippen LogP contribution in [0.5, 0.6) is 0 Å². The molecule has 2 rings (SSSR count). The Bertz CT molecular complexity index is 595. The lowest BCUT2D eigenvalue weighted by Gasteiger charge is -2.31. The molecular weight excluding hydrogens is 286 g/mol. The molecule has 0 aliphatic carbocycles. The highest BCUT2D eigenvalue weighted by molar-refractivity contribution is 5.72. The number of nitrogens with zero attached hydrogens (tertiary/aromatic N) is 3. The number of hydrogen-bond acceptors (Lipinski definition) is 5. The second kappa shape index (κ2) is 5.82. The van der Waals surface area contributed by atoms with E-state index in [0.29, 0.717) is 18.7 Å². The van der Waals surface area contributed by atoms with E-state index in [1.54, 1.807) is 24.1 Å². The molecule has 0 N–H and O–H groups in total. The lowest BCUT2D eigenvalue weighted by atomic mass is 10.2. The van der Waals surface area contributed by atoms with E-state index in [0.717, 1.165) is 12.1 Å². The molecule has 1 fully saturated rings. The van der Waals surface area contributed by atoms with E-state index in [2.05, 4.69) is 0 Å². The maximum absolute atomic E-state index is 12.3. The summed E-state index contributed by atoms with van der Waals surface area (Å²) in [5.41, 5.74) is 0.841. The maximum Gasteiger partial charge on any atom is 0.429 e. The van der Waals surface area contributed by atoms with Gasteiger partial charge in [-0.2, -0.15) is 0 Å². The molecule has 7 heteroatoms. The quantitative estimate of drug-likeness (QED) is 0.619. The third kappa shape index (κ3) is 3.47. The van der Waals surface area contributed by atoms with Gasteiger partial charge in [0.15, 0.2) is 0 Å². The molecule has 0 aromatic heterocycles. The molecular formula is C15H21N3O4. The summed E-state index contributed by atoms with van der Waals surface area (Å²) in [6, 6.07) is 4.85. The second-order valence-electron chi connectivity index (χ2n) is 6.31. The maximum atomic E-state index is 12.3. The monoisotopic (exact) mass is 307 g/mol. The van der Waals surface area contributed by atoms with Crippen molar-refractivity contribution < 1.29 is 14.5 Å². The van der Waals surface area contributed by atoms with Crippen LogP contribution in [0.15, 0.2) is 18.2 Å². The average molecular weight is 307 g/mol. The van der Waals surface area contributed by atoms with Crippen molar-refractivity contribution in [2.24, 2.45) is 0 Å². The number of benzene rings is 1. The van der Waals surface area contributed by atoms with Gasteiger partial charge in [0.05, 0.1) is 10.6 Å². The largest absolute Gasteiger partial charge is 0.442 e. The zero-order valence-electron chi connectivity index (χ0n) is 13.3. The van der Waals surface area contributed by atoms with Gasteiger partial charge in [-0.15, -0.1) is 0 Å². The summed E-state index contributed by atoms with van der Waals surface area (Å²) in [4.78, 5) is 22.7. The van der Waals surface area contributed by atoms with Crippen LogP contribution in [0.2, 0.25) is 0 Å². The van der Waals surface area contributed by atoms with Crippen LogP contribution >= 0.6 is 0 Å². The second-order valence-corrected chi connectivity index (χ2v) is 6.31. The first-order valence-electron chi connectivity index (χ1n) is 7.22. The summed E-state index contributed by atoms with van der Waals surface area (Å²) in [5, 5.41) is 14.2. The number of carbonyl (C=O) groups excluding carboxylic acids is 1. The van der Waals surface area contributed by atoms with Crippen LogP contribution in [0, 0.1) is 17.0 Å². The molecule has 1 aromatic carbocycles. The number of carbonyl (C=O) groups is 1. The van der Waals surface area contributed by atoms with Crippen LogP contribution in [0.1, 0.15) is 32.8 Å². The number of ether oxygens (including phenoxy) is 1. The zero-order valence-corrected chi connectivity index (χ0v) is 13.3. The SMILES string of the molecule is Cc1cc(N2CCCN2C(=O)OC(C)(C)C)ccc1[N+](=O)[O-]. The predicted octanol–water partition coefficient (Wildman–Crippen LogP) is 3.27. The van der Waals surface area contributed by atoms with Crippen LogP contribution < -0.4 is 5.01 Å². The summed E-state index contributed by atoms with van der Waals surface area (Å²) in [5.74, 6) is 0. The molecule has 1 heterocycles. The minimum absolute atomic E-state index is 0.0757. The molecule has 7 nitrogen and oxygen atoms in total. The molecule has 0 unspecified atom stereocenters. The molecule has 1 saturated heterocycles. The Labute approximate surface area is 129 Å². The number of amides is 1. The predicted molar refractivity (Wildman–Crippen MR) is 82.7 cm³/mol. The topological polar surface area (TPSA) is 75.9 Å². The first kappa shape index (κ1) is 16.1. The van der Waals surface area contributed by atoms with Gasteiger partial charge in [0, 0.05) is 24.7 Å². The van der Waals surface area contributed by atoms with E-state index < -0.39 is 16.6 Å². The molecule has 0 radical (unpaired) electrons. The van der Waals surface area contributed by atoms with Crippen molar-refractivity contribution in [1.29, 1.82) is 0 Å². The highest BCUT2D eigenvalue weighted by atomic mass is 16.6. The Hall–Kier alpha value is -2.31. The molecule has 120 valence electrons. The standard InChI is InChI=1S/C15H21N3O4/c1-11-10-12(6-7-13(11)18(20)21)16-8-5-9-17(16)14(19)22-15(2,3)4/h6-7,10H,5,8-9H2,1-4H3. The Morgan fingerprint density at radius 1 is 1.32 bits per heavy atom. The van der Waals surface area contributed by atoms with Crippen molar-refractivity contribution >= 4 is 17.5 Å². The highest BCUT2D eigenvalue weighted by Crippen LogP contribution is 2.28. The van der Waals surface area contributed by atoms with E-state index in [1.165, 1.54) is 6.07 Å². The van der Waals surface area contributed by atoms with Gasteiger partial charge in [-0.05, 0) is 46.2 Å². The van der Waals surface area contributed by atoms with Crippen molar-refractivity contribution in [2.45, 2.75) is 39.7 Å². The summed E-state index contributed by atoms with van der Waals surface area (Å²) in [6.07, 6.45) is 0.427. The fraction of sp³-hybridized carbons (Fsp3) is 0.533. The Morgan fingerprint density at radius 2 is 2.00 bits per heavy atom. The van der Waals surface area contributed by atoms with E-state index in [1.807, 2.05) is 25.8 Å². The average Bonchev–Trinajstić information content (AvgIpc) is 2.85. The fourth-order valence-electron chi connectivity index (χ4n) is 2.39. The van der Waals surface area contributed by atoms with Gasteiger partial charge >= 0.3 is 6.09 Å². The van der Waals surface area contributed by atoms with Gasteiger partial charge < -0.3 is 4.74 Å². The van der Waals surface area contributed by atoms with Gasteiger partial charge in [0.1, 0.15) is 5.60 Å². The smallest absolute Gasteiger partial charge is 0.429 e. The Balaban J connectivity index is 2.22. The van der Waals surface area contributed by atoms with Crippen molar-refractivity contribution in [2.75, 3.05) is 18.1 Å². The fourth-order valence-corrected chi connectivity index (χ4v) is 2.39. The number of rotatable bonds is 2. The third-order valence-electron chi connectivity index (χ3n) is 3.31. The zero-order chi connectivity index (χ0) is 16.5. The van der Waals surface area contributed by atoms with Crippen molar-refractivity contribution in [3.05, 3.63) is 33.9 Å². The number of anilines is 1. The van der Waals surface area contributed by atoms with E-state index in [4.69, 9.17) is 4.74 Å². The van der Waals surface area contributed by atoms with E-state index >= 15 is 0 Å². The number of nitro benzene ring substituents is 1. The van der Waals surface area contributed by atoms with Crippen LogP contribution in [0.3, 0.4) is 0 Å². The first-order chi connectivity index (χ1) is 10.2. The highest BCUT2D eigenvalue weighted by Gasteiger charge is 2.31. The van der Waals surface area contributed by atoms with Gasteiger partial charge in [0.2, 0.25) is 0 Å². The number of hydrazine groups is 1. The van der Waals surface area contributed by atoms with Crippen molar-refractivity contribution in [3.63, 3.8) is 0 Å². The molecule has 1 amide bonds. The lowest BCUT2D eigenvalue weighted by Crippen LogP contribution is -2.44. The Morgan fingerprint density at radius 3 is 2.55 bits per heavy atom. The lowest BCUT2D eigenvalue weighted by molar-refractivity contribution is -0.385. The molecule has 1 aromatic rings. The van der Waals surface area contributed by atoms with Crippen LogP contribution in [0.4, 0.5) is 16.2 Å². The Kier molecular flexibility index (Phi) is 4.25. The molecule has 1 aliphatic rings. The summed E-state index contributed by atoms with van der Waals surface area (Å²) in [6.45, 7) is 8.40. The number of nitro groups is 1. The molecule has 0 atom stereocenters. The summed E-state index contributed by atoms with van der Waals surface area (Å²) < 4.78 is 5.40. The van der Waals surface area contributed by atoms with Gasteiger partial charge in [-0.1, -0.05) is 0 Å². The van der Waals surface area contributed by atoms with Gasteiger partial charge in [-0.25, -0.2) is 9.80 Å². The summed E-state index contributed by atoms with van der Waals surface area (Å²) in [7, 11) is 0. The van der Waals surface area contributed by atoms with Gasteiger partial charge in [-0.3, -0.25) is 15.1 Å². The third-order valence-corrected chi connectivity index (χ3v) is 3.31. The minimum atomic E-state index is -0.559. The van der Waals surface area contributed by atoms with E-state index in [-0.39, 0.29) is 5.69 Å². The first-order valence-corrected chi connectivity index (χ1v) is 7.22. The summed E-state index contributed by atoms with van der Waals surface area (Å²) >= 11 is 0. The van der Waals surface area contributed by atoms with Crippen LogP contribution in [-0.4, -0.2) is 34.7 Å². The number of aryl methyl sites for hydroxylation is 1. The number of hydrogen-bond donors (Lipinski definition) is 0. The van der Waals surface area contributed by atoms with Crippen molar-refractivity contribution in [3.8, 4) is 0 Å². The molecule has 0 bridgehead atoms. The van der Waals surface area contributed by atoms with Gasteiger partial charge in [0.25, 0.3) is 5.69 Å². The van der Waals surface area contributed by atoms with Crippen LogP contribution in [-0.2, 0) is 4.74 Å². The molecule has 0 saturated carbocycles.